The number of hydrogen-bond acceptors (Lipinski definition) is 6. The van der Waals surface area contributed by atoms with Crippen LogP contribution in [0.4, 0.5) is 13.2 Å². The number of halogens is 3. The predicted octanol–water partition coefficient (Wildman–Crippen LogP) is 4.33. The fourth-order valence-corrected chi connectivity index (χ4v) is 5.19. The molecule has 11 heteroatoms. The zero-order chi connectivity index (χ0) is 22.9. The molecule has 3 aromatic rings. The summed E-state index contributed by atoms with van der Waals surface area (Å²) in [4.78, 5) is 4.02. The molecule has 7 nitrogen and oxygen atoms in total. The van der Waals surface area contributed by atoms with E-state index in [0.717, 1.165) is 12.1 Å². The Balaban J connectivity index is 1.56. The summed E-state index contributed by atoms with van der Waals surface area (Å²) < 4.78 is 76.9. The van der Waals surface area contributed by atoms with Gasteiger partial charge in [-0.1, -0.05) is 23.4 Å². The number of alkyl halides is 3. The number of sulfonamides is 1. The van der Waals surface area contributed by atoms with Crippen LogP contribution in [0, 0.1) is 0 Å². The summed E-state index contributed by atoms with van der Waals surface area (Å²) in [5.74, 6) is 0.893. The molecule has 1 aromatic heterocycles. The van der Waals surface area contributed by atoms with E-state index < -0.39 is 26.7 Å². The number of ether oxygens (including phenoxy) is 1. The monoisotopic (exact) mass is 467 g/mol. The van der Waals surface area contributed by atoms with Crippen LogP contribution in [0.5, 0.6) is 5.75 Å². The van der Waals surface area contributed by atoms with Crippen LogP contribution in [0.2, 0.25) is 0 Å². The van der Waals surface area contributed by atoms with Gasteiger partial charge in [-0.25, -0.2) is 8.42 Å². The quantitative estimate of drug-likeness (QED) is 0.555. The molecule has 2 aromatic carbocycles. The molecule has 1 fully saturated rings. The van der Waals surface area contributed by atoms with E-state index in [4.69, 9.17) is 9.26 Å². The van der Waals surface area contributed by atoms with Crippen molar-refractivity contribution >= 4 is 10.0 Å². The Morgan fingerprint density at radius 3 is 2.69 bits per heavy atom. The Morgan fingerprint density at radius 1 is 1.16 bits per heavy atom. The molecule has 2 heterocycles. The second-order valence-electron chi connectivity index (χ2n) is 7.42. The molecule has 1 atom stereocenters. The summed E-state index contributed by atoms with van der Waals surface area (Å²) in [5.41, 5.74) is -0.324. The van der Waals surface area contributed by atoms with Gasteiger partial charge in [-0.3, -0.25) is 0 Å². The molecule has 1 aliphatic rings. The van der Waals surface area contributed by atoms with E-state index in [2.05, 4.69) is 10.1 Å². The summed E-state index contributed by atoms with van der Waals surface area (Å²) in [6.07, 6.45) is -3.50. The van der Waals surface area contributed by atoms with E-state index in [0.29, 0.717) is 36.0 Å². The highest BCUT2D eigenvalue weighted by atomic mass is 32.2. The summed E-state index contributed by atoms with van der Waals surface area (Å²) in [6.45, 7) is 0.240. The molecule has 0 bridgehead atoms. The number of aromatic nitrogens is 2. The highest BCUT2D eigenvalue weighted by Crippen LogP contribution is 2.34. The van der Waals surface area contributed by atoms with Gasteiger partial charge in [0.1, 0.15) is 5.75 Å². The third kappa shape index (κ3) is 4.49. The summed E-state index contributed by atoms with van der Waals surface area (Å²) in [7, 11) is -2.57. The summed E-state index contributed by atoms with van der Waals surface area (Å²) in [5, 5.41) is 3.99. The predicted molar refractivity (Wildman–Crippen MR) is 108 cm³/mol. The fourth-order valence-electron chi connectivity index (χ4n) is 3.62. The lowest BCUT2D eigenvalue weighted by atomic mass is 10.00. The average molecular weight is 467 g/mol. The first-order chi connectivity index (χ1) is 15.2. The van der Waals surface area contributed by atoms with E-state index >= 15 is 0 Å². The van der Waals surface area contributed by atoms with Crippen molar-refractivity contribution in [3.8, 4) is 17.1 Å². The molecule has 0 saturated carbocycles. The van der Waals surface area contributed by atoms with Crippen LogP contribution in [-0.4, -0.2) is 43.1 Å². The van der Waals surface area contributed by atoms with Gasteiger partial charge in [-0.15, -0.1) is 0 Å². The summed E-state index contributed by atoms with van der Waals surface area (Å²) in [6, 6.07) is 10.9. The maximum Gasteiger partial charge on any atom is 0.416 e. The number of benzene rings is 2. The number of nitrogens with zero attached hydrogens (tertiary/aromatic N) is 3. The third-order valence-corrected chi connectivity index (χ3v) is 7.16. The molecule has 0 spiro atoms. The van der Waals surface area contributed by atoms with Gasteiger partial charge in [-0.05, 0) is 43.2 Å². The first-order valence-corrected chi connectivity index (χ1v) is 11.3. The largest absolute Gasteiger partial charge is 0.497 e. The number of piperidine rings is 1. The molecule has 0 aliphatic carbocycles. The maximum atomic E-state index is 13.0. The number of methoxy groups -OCH3 is 1. The second kappa shape index (κ2) is 8.55. The molecule has 4 rings (SSSR count). The van der Waals surface area contributed by atoms with Crippen LogP contribution in [0.15, 0.2) is 57.9 Å². The highest BCUT2D eigenvalue weighted by Gasteiger charge is 2.36. The van der Waals surface area contributed by atoms with E-state index in [-0.39, 0.29) is 24.9 Å². The van der Waals surface area contributed by atoms with E-state index in [9.17, 15) is 21.6 Å². The standard InChI is InChI=1S/C21H20F3N3O4S/c1-30-17-8-2-5-14(11-17)19-25-20(31-26-19)15-6-4-10-27(13-15)32(28,29)18-9-3-7-16(12-18)21(22,23)24/h2-3,5,7-9,11-12,15H,4,6,10,13H2,1H3. The molecular weight excluding hydrogens is 447 g/mol. The smallest absolute Gasteiger partial charge is 0.416 e. The number of hydrogen-bond donors (Lipinski definition) is 0. The summed E-state index contributed by atoms with van der Waals surface area (Å²) >= 11 is 0. The zero-order valence-electron chi connectivity index (χ0n) is 17.0. The lowest BCUT2D eigenvalue weighted by Crippen LogP contribution is -2.39. The van der Waals surface area contributed by atoms with Gasteiger partial charge in [-0.2, -0.15) is 22.5 Å². The SMILES string of the molecule is COc1cccc(-c2noc(C3CCCN(S(=O)(=O)c4cccc(C(F)(F)F)c4)C3)n2)c1. The fraction of sp³-hybridized carbons (Fsp3) is 0.333. The Labute approximate surface area is 182 Å². The normalized spacial score (nSPS) is 17.9. The Hall–Kier alpha value is -2.92. The van der Waals surface area contributed by atoms with Crippen molar-refractivity contribution in [3.05, 3.63) is 60.0 Å². The minimum atomic E-state index is -4.63. The van der Waals surface area contributed by atoms with E-state index in [1.165, 1.54) is 10.4 Å². The van der Waals surface area contributed by atoms with Crippen molar-refractivity contribution in [2.24, 2.45) is 0 Å². The lowest BCUT2D eigenvalue weighted by Gasteiger charge is -2.30. The average Bonchev–Trinajstić information content (AvgIpc) is 3.29. The topological polar surface area (TPSA) is 85.5 Å². The van der Waals surface area contributed by atoms with Gasteiger partial charge in [0.2, 0.25) is 21.7 Å². The zero-order valence-corrected chi connectivity index (χ0v) is 17.9. The lowest BCUT2D eigenvalue weighted by molar-refractivity contribution is -0.137. The molecular formula is C21H20F3N3O4S. The Morgan fingerprint density at radius 2 is 1.94 bits per heavy atom. The van der Waals surface area contributed by atoms with Crippen molar-refractivity contribution < 1.29 is 30.8 Å². The van der Waals surface area contributed by atoms with Gasteiger partial charge in [0, 0.05) is 18.7 Å². The molecule has 0 N–H and O–H groups in total. The van der Waals surface area contributed by atoms with E-state index in [1.54, 1.807) is 31.4 Å². The minimum absolute atomic E-state index is 0.0400. The Kier molecular flexibility index (Phi) is 5.95. The second-order valence-corrected chi connectivity index (χ2v) is 9.35. The van der Waals surface area contributed by atoms with Crippen molar-refractivity contribution in [2.75, 3.05) is 20.2 Å². The molecule has 0 radical (unpaired) electrons. The maximum absolute atomic E-state index is 13.0. The Bertz CT molecular complexity index is 1210. The van der Waals surface area contributed by atoms with Crippen LogP contribution in [0.1, 0.15) is 30.2 Å². The van der Waals surface area contributed by atoms with Gasteiger partial charge in [0.05, 0.1) is 23.5 Å². The molecule has 1 saturated heterocycles. The van der Waals surface area contributed by atoms with Crippen molar-refractivity contribution in [2.45, 2.75) is 29.8 Å². The highest BCUT2D eigenvalue weighted by molar-refractivity contribution is 7.89. The van der Waals surface area contributed by atoms with Crippen LogP contribution < -0.4 is 4.74 Å². The third-order valence-electron chi connectivity index (χ3n) is 5.30. The van der Waals surface area contributed by atoms with Crippen LogP contribution in [0.25, 0.3) is 11.4 Å². The molecule has 170 valence electrons. The van der Waals surface area contributed by atoms with Crippen LogP contribution >= 0.6 is 0 Å². The van der Waals surface area contributed by atoms with Gasteiger partial charge < -0.3 is 9.26 Å². The van der Waals surface area contributed by atoms with Crippen molar-refractivity contribution in [3.63, 3.8) is 0 Å². The van der Waals surface area contributed by atoms with Crippen molar-refractivity contribution in [1.82, 2.24) is 14.4 Å². The molecule has 32 heavy (non-hydrogen) atoms. The van der Waals surface area contributed by atoms with Gasteiger partial charge in [0.15, 0.2) is 0 Å². The first kappa shape index (κ1) is 22.3. The first-order valence-electron chi connectivity index (χ1n) is 9.84. The molecule has 0 amide bonds. The van der Waals surface area contributed by atoms with Gasteiger partial charge in [0.25, 0.3) is 0 Å². The van der Waals surface area contributed by atoms with Crippen LogP contribution in [0.3, 0.4) is 0 Å². The molecule has 1 unspecified atom stereocenters. The van der Waals surface area contributed by atoms with Crippen molar-refractivity contribution in [1.29, 1.82) is 0 Å². The molecule has 1 aliphatic heterocycles. The number of rotatable bonds is 5. The minimum Gasteiger partial charge on any atom is -0.497 e. The van der Waals surface area contributed by atoms with E-state index in [1.807, 2.05) is 0 Å². The van der Waals surface area contributed by atoms with Gasteiger partial charge >= 0.3 is 6.18 Å². The van der Waals surface area contributed by atoms with Crippen LogP contribution in [-0.2, 0) is 16.2 Å².